The Morgan fingerprint density at radius 3 is 1.91 bits per heavy atom. The molecule has 6 heteroatoms. The van der Waals surface area contributed by atoms with Gasteiger partial charge in [-0.2, -0.15) is 0 Å². The van der Waals surface area contributed by atoms with E-state index < -0.39 is 0 Å². The predicted octanol–water partition coefficient (Wildman–Crippen LogP) is 5.72. The average Bonchev–Trinajstić information content (AvgIpc) is 3.76. The normalized spacial score (nSPS) is 21.7. The van der Waals surface area contributed by atoms with Crippen molar-refractivity contribution < 1.29 is 19.1 Å². The standard InChI is InChI=1S/C9H15NO2.C9H15NO.C4H8O.C2H6.C2H4.CH4/c1-2-3-7-8(12-7)9(11)10-6-4-5-6;1-2-3-4-5-9(11)10-8-6-7-8;1-2-4-5-3-1;2*1-2;/h6-8H,2-5H2,1H3,(H,10,11);4-5,8H,2-3,6-7H2,1H3,(H,10,11);1-4H2;1-2H3;1-2H2;1H4/b;5-4+;;;;/t7-,8+;;;;;/m1...../s1. The first-order chi connectivity index (χ1) is 15.6. The van der Waals surface area contributed by atoms with Crippen molar-refractivity contribution in [2.45, 2.75) is 124 Å². The Morgan fingerprint density at radius 1 is 0.939 bits per heavy atom. The predicted molar refractivity (Wildman–Crippen MR) is 139 cm³/mol. The van der Waals surface area contributed by atoms with Gasteiger partial charge in [-0.3, -0.25) is 9.59 Å². The zero-order valence-electron chi connectivity index (χ0n) is 21.0. The highest BCUT2D eigenvalue weighted by molar-refractivity contribution is 5.87. The molecule has 0 radical (unpaired) electrons. The molecule has 2 N–H and O–H groups in total. The van der Waals surface area contributed by atoms with Gasteiger partial charge in [0.15, 0.2) is 6.10 Å². The van der Waals surface area contributed by atoms with Gasteiger partial charge in [0.1, 0.15) is 0 Å². The molecule has 2 saturated heterocycles. The van der Waals surface area contributed by atoms with Gasteiger partial charge in [-0.1, -0.05) is 54.0 Å². The molecule has 0 aromatic carbocycles. The summed E-state index contributed by atoms with van der Waals surface area (Å²) in [5.74, 6) is 0.178. The number of hydrogen-bond acceptors (Lipinski definition) is 4. The van der Waals surface area contributed by atoms with E-state index in [-0.39, 0.29) is 31.4 Å². The van der Waals surface area contributed by atoms with Crippen molar-refractivity contribution in [1.29, 1.82) is 0 Å². The fourth-order valence-corrected chi connectivity index (χ4v) is 2.73. The molecule has 0 bridgehead atoms. The van der Waals surface area contributed by atoms with Crippen molar-refractivity contribution in [3.63, 3.8) is 0 Å². The number of amides is 2. The third-order valence-corrected chi connectivity index (χ3v) is 4.81. The number of unbranched alkanes of at least 4 members (excludes halogenated alkanes) is 1. The number of carbonyl (C=O) groups is 2. The van der Waals surface area contributed by atoms with Gasteiger partial charge in [-0.15, -0.1) is 13.2 Å². The summed E-state index contributed by atoms with van der Waals surface area (Å²) in [7, 11) is 0. The van der Waals surface area contributed by atoms with Gasteiger partial charge < -0.3 is 20.1 Å². The highest BCUT2D eigenvalue weighted by Gasteiger charge is 2.45. The van der Waals surface area contributed by atoms with Crippen LogP contribution in [0.25, 0.3) is 0 Å². The lowest BCUT2D eigenvalue weighted by Gasteiger charge is -1.97. The van der Waals surface area contributed by atoms with Gasteiger partial charge in [0, 0.05) is 25.3 Å². The summed E-state index contributed by atoms with van der Waals surface area (Å²) in [6.07, 6.45) is 15.1. The monoisotopic (exact) mass is 468 g/mol. The van der Waals surface area contributed by atoms with Crippen LogP contribution in [-0.4, -0.2) is 49.3 Å². The second-order valence-electron chi connectivity index (χ2n) is 7.96. The van der Waals surface area contributed by atoms with E-state index in [0.717, 1.165) is 64.6 Å². The van der Waals surface area contributed by atoms with Gasteiger partial charge in [0.05, 0.1) is 6.10 Å². The average molecular weight is 469 g/mol. The van der Waals surface area contributed by atoms with Crippen LogP contribution in [0.1, 0.15) is 99.3 Å². The van der Waals surface area contributed by atoms with Gasteiger partial charge >= 0.3 is 0 Å². The van der Waals surface area contributed by atoms with Crippen LogP contribution in [-0.2, 0) is 19.1 Å². The summed E-state index contributed by atoms with van der Waals surface area (Å²) in [4.78, 5) is 22.3. The maximum atomic E-state index is 11.3. The smallest absolute Gasteiger partial charge is 0.252 e. The van der Waals surface area contributed by atoms with Crippen LogP contribution in [0, 0.1) is 0 Å². The fourth-order valence-electron chi connectivity index (χ4n) is 2.73. The Morgan fingerprint density at radius 2 is 1.48 bits per heavy atom. The van der Waals surface area contributed by atoms with Gasteiger partial charge in [-0.05, 0) is 57.4 Å². The number of hydrogen-bond donors (Lipinski definition) is 2. The molecular formula is C27H52N2O4. The molecule has 4 fully saturated rings. The minimum atomic E-state index is -0.120. The van der Waals surface area contributed by atoms with Crippen LogP contribution in [0.15, 0.2) is 25.3 Å². The number of carbonyl (C=O) groups excluding carboxylic acids is 2. The second kappa shape index (κ2) is 22.1. The van der Waals surface area contributed by atoms with Gasteiger partial charge in [0.2, 0.25) is 5.91 Å². The fraction of sp³-hybridized carbons (Fsp3) is 0.778. The largest absolute Gasteiger partial charge is 0.381 e. The van der Waals surface area contributed by atoms with Crippen molar-refractivity contribution in [2.75, 3.05) is 13.2 Å². The van der Waals surface area contributed by atoms with Crippen molar-refractivity contribution >= 4 is 11.8 Å². The van der Waals surface area contributed by atoms with Crippen LogP contribution in [0.2, 0.25) is 0 Å². The molecule has 0 aromatic heterocycles. The van der Waals surface area contributed by atoms with Gasteiger partial charge in [0.25, 0.3) is 5.91 Å². The minimum absolute atomic E-state index is 0. The molecule has 2 heterocycles. The first-order valence-corrected chi connectivity index (χ1v) is 12.6. The Labute approximate surface area is 204 Å². The molecule has 6 nitrogen and oxygen atoms in total. The molecule has 33 heavy (non-hydrogen) atoms. The van der Waals surface area contributed by atoms with Crippen molar-refractivity contribution in [1.82, 2.24) is 10.6 Å². The molecule has 2 amide bonds. The SMILES string of the molecule is C.C1CCOC1.C=C.CC.CCC/C=C/C(=O)NC1CC1.CCC[C@H]1O[C@@H]1C(=O)NC1CC1. The van der Waals surface area contributed by atoms with E-state index in [0.29, 0.717) is 12.1 Å². The number of rotatable bonds is 8. The molecule has 2 aliphatic heterocycles. The molecule has 2 saturated carbocycles. The van der Waals surface area contributed by atoms with Crippen molar-refractivity contribution in [3.8, 4) is 0 Å². The molecule has 0 spiro atoms. The lowest BCUT2D eigenvalue weighted by molar-refractivity contribution is -0.122. The zero-order chi connectivity index (χ0) is 24.2. The first-order valence-electron chi connectivity index (χ1n) is 12.6. The number of ether oxygens (including phenoxy) is 2. The first kappa shape index (κ1) is 33.5. The van der Waals surface area contributed by atoms with E-state index in [2.05, 4.69) is 37.6 Å². The lowest BCUT2D eigenvalue weighted by atomic mass is 10.2. The third kappa shape index (κ3) is 19.5. The molecule has 0 aromatic rings. The quantitative estimate of drug-likeness (QED) is 0.271. The summed E-state index contributed by atoms with van der Waals surface area (Å²) in [6.45, 7) is 16.2. The molecular weight excluding hydrogens is 416 g/mol. The Kier molecular flexibility index (Phi) is 22.5. The van der Waals surface area contributed by atoms with Crippen molar-refractivity contribution in [2.24, 2.45) is 0 Å². The Balaban J connectivity index is 0. The third-order valence-electron chi connectivity index (χ3n) is 4.81. The van der Waals surface area contributed by atoms with Crippen LogP contribution in [0.5, 0.6) is 0 Å². The van der Waals surface area contributed by atoms with Crippen LogP contribution in [0.3, 0.4) is 0 Å². The highest BCUT2D eigenvalue weighted by Crippen LogP contribution is 2.28. The van der Waals surface area contributed by atoms with E-state index in [4.69, 9.17) is 9.47 Å². The molecule has 2 atom stereocenters. The number of nitrogens with one attached hydrogen (secondary N) is 2. The van der Waals surface area contributed by atoms with Gasteiger partial charge in [-0.25, -0.2) is 0 Å². The summed E-state index contributed by atoms with van der Waals surface area (Å²) in [5, 5.41) is 5.83. The Hall–Kier alpha value is -1.66. The summed E-state index contributed by atoms with van der Waals surface area (Å²) >= 11 is 0. The maximum Gasteiger partial charge on any atom is 0.252 e. The van der Waals surface area contributed by atoms with Crippen LogP contribution >= 0.6 is 0 Å². The molecule has 2 aliphatic carbocycles. The van der Waals surface area contributed by atoms with Crippen LogP contribution < -0.4 is 10.6 Å². The van der Waals surface area contributed by atoms with E-state index in [1.807, 2.05) is 19.9 Å². The van der Waals surface area contributed by atoms with Crippen molar-refractivity contribution in [3.05, 3.63) is 25.3 Å². The summed E-state index contributed by atoms with van der Waals surface area (Å²) in [5.41, 5.74) is 0. The van der Waals surface area contributed by atoms with Crippen LogP contribution in [0.4, 0.5) is 0 Å². The highest BCUT2D eigenvalue weighted by atomic mass is 16.6. The second-order valence-corrected chi connectivity index (χ2v) is 7.96. The van der Waals surface area contributed by atoms with E-state index in [9.17, 15) is 9.59 Å². The Bertz CT molecular complexity index is 505. The molecule has 194 valence electrons. The van der Waals surface area contributed by atoms with E-state index in [1.54, 1.807) is 6.08 Å². The molecule has 0 unspecified atom stereocenters. The summed E-state index contributed by atoms with van der Waals surface area (Å²) < 4.78 is 10.2. The van der Waals surface area contributed by atoms with E-state index >= 15 is 0 Å². The maximum absolute atomic E-state index is 11.3. The zero-order valence-corrected chi connectivity index (χ0v) is 21.0. The topological polar surface area (TPSA) is 80.0 Å². The summed E-state index contributed by atoms with van der Waals surface area (Å²) in [6, 6.07) is 0.942. The van der Waals surface area contributed by atoms with E-state index in [1.165, 1.54) is 12.8 Å². The number of allylic oxidation sites excluding steroid dienone is 1. The molecule has 4 aliphatic rings. The minimum Gasteiger partial charge on any atom is -0.381 e. The lowest BCUT2D eigenvalue weighted by Crippen LogP contribution is -2.30. The number of epoxide rings is 1. The molecule has 4 rings (SSSR count).